The third kappa shape index (κ3) is 3.61. The number of carbonyl (C=O) groups is 2. The minimum Gasteiger partial charge on any atom is -0.508 e. The van der Waals surface area contributed by atoms with Gasteiger partial charge >= 0.3 is 0 Å². The number of phenols is 1. The van der Waals surface area contributed by atoms with Crippen LogP contribution < -0.4 is 9.64 Å². The maximum absolute atomic E-state index is 13.3. The van der Waals surface area contributed by atoms with E-state index in [4.69, 9.17) is 4.74 Å². The standard InChI is InChI=1S/C28H25NO5/c1-16(2)17-3-8-21(9-4-17)29-25(18-5-10-22(30)11-6-18)24(27(32)28(29)33)26(31)20-7-12-23-19(15-20)13-14-34-23/h3-12,15-16,25,30-31H,13-14H2,1-2H3/b26-24-. The summed E-state index contributed by atoms with van der Waals surface area (Å²) in [7, 11) is 0. The lowest BCUT2D eigenvalue weighted by molar-refractivity contribution is -0.132. The second kappa shape index (κ2) is 8.37. The number of Topliss-reactive ketones (excluding diaryl/α,β-unsaturated/α-hetero) is 1. The number of nitrogens with zero attached hydrogens (tertiary/aromatic N) is 1. The first-order chi connectivity index (χ1) is 16.3. The highest BCUT2D eigenvalue weighted by atomic mass is 16.5. The molecule has 0 saturated carbocycles. The Labute approximate surface area is 197 Å². The van der Waals surface area contributed by atoms with Crippen molar-refractivity contribution >= 4 is 23.1 Å². The van der Waals surface area contributed by atoms with Gasteiger partial charge in [-0.15, -0.1) is 0 Å². The molecule has 34 heavy (non-hydrogen) atoms. The summed E-state index contributed by atoms with van der Waals surface area (Å²) in [5.74, 6) is -0.534. The Kier molecular flexibility index (Phi) is 5.36. The number of anilines is 1. The zero-order valence-electron chi connectivity index (χ0n) is 19.0. The van der Waals surface area contributed by atoms with Crippen LogP contribution in [0.1, 0.15) is 48.1 Å². The Balaban J connectivity index is 1.67. The highest BCUT2D eigenvalue weighted by Gasteiger charge is 2.47. The molecule has 1 unspecified atom stereocenters. The number of rotatable bonds is 4. The van der Waals surface area contributed by atoms with Crippen LogP contribution >= 0.6 is 0 Å². The minimum atomic E-state index is -0.838. The normalized spacial score (nSPS) is 18.9. The van der Waals surface area contributed by atoms with Crippen molar-refractivity contribution in [2.45, 2.75) is 32.2 Å². The molecular formula is C28H25NO5. The zero-order valence-corrected chi connectivity index (χ0v) is 19.0. The van der Waals surface area contributed by atoms with E-state index < -0.39 is 17.7 Å². The highest BCUT2D eigenvalue weighted by Crippen LogP contribution is 2.43. The number of aromatic hydroxyl groups is 1. The van der Waals surface area contributed by atoms with Crippen LogP contribution in [0.5, 0.6) is 11.5 Å². The van der Waals surface area contributed by atoms with Gasteiger partial charge in [0.15, 0.2) is 0 Å². The summed E-state index contributed by atoms with van der Waals surface area (Å²) in [4.78, 5) is 28.0. The molecule has 0 aliphatic carbocycles. The van der Waals surface area contributed by atoms with Crippen molar-refractivity contribution in [3.63, 3.8) is 0 Å². The first kappa shape index (κ1) is 21.8. The maximum Gasteiger partial charge on any atom is 0.300 e. The predicted octanol–water partition coefficient (Wildman–Crippen LogP) is 5.08. The van der Waals surface area contributed by atoms with Gasteiger partial charge in [-0.2, -0.15) is 0 Å². The van der Waals surface area contributed by atoms with Crippen molar-refractivity contribution in [1.82, 2.24) is 0 Å². The lowest BCUT2D eigenvalue weighted by atomic mass is 9.94. The summed E-state index contributed by atoms with van der Waals surface area (Å²) in [5.41, 5.74) is 3.70. The van der Waals surface area contributed by atoms with Crippen molar-refractivity contribution in [2.75, 3.05) is 11.5 Å². The summed E-state index contributed by atoms with van der Waals surface area (Å²) < 4.78 is 5.55. The predicted molar refractivity (Wildman–Crippen MR) is 129 cm³/mol. The molecule has 6 nitrogen and oxygen atoms in total. The number of aliphatic hydroxyl groups excluding tert-OH is 1. The fraction of sp³-hybridized carbons (Fsp3) is 0.214. The van der Waals surface area contributed by atoms with Crippen molar-refractivity contribution in [1.29, 1.82) is 0 Å². The zero-order chi connectivity index (χ0) is 24.0. The quantitative estimate of drug-likeness (QED) is 0.326. The van der Waals surface area contributed by atoms with Gasteiger partial charge in [-0.25, -0.2) is 0 Å². The van der Waals surface area contributed by atoms with E-state index in [1.165, 1.54) is 17.0 Å². The third-order valence-electron chi connectivity index (χ3n) is 6.45. The number of ketones is 1. The Bertz CT molecular complexity index is 1310. The average molecular weight is 456 g/mol. The van der Waals surface area contributed by atoms with E-state index in [0.717, 1.165) is 16.9 Å². The van der Waals surface area contributed by atoms with Crippen molar-refractivity contribution in [3.8, 4) is 11.5 Å². The molecule has 0 spiro atoms. The number of aliphatic hydroxyl groups is 1. The molecule has 1 fully saturated rings. The number of hydrogen-bond donors (Lipinski definition) is 2. The molecule has 1 atom stereocenters. The largest absolute Gasteiger partial charge is 0.508 e. The number of ether oxygens (including phenoxy) is 1. The van der Waals surface area contributed by atoms with E-state index in [9.17, 15) is 19.8 Å². The minimum absolute atomic E-state index is 0.0162. The molecule has 0 radical (unpaired) electrons. The fourth-order valence-corrected chi connectivity index (χ4v) is 4.58. The lowest BCUT2D eigenvalue weighted by Gasteiger charge is -2.26. The van der Waals surface area contributed by atoms with Gasteiger partial charge in [-0.05, 0) is 65.1 Å². The van der Waals surface area contributed by atoms with Gasteiger partial charge in [-0.1, -0.05) is 38.1 Å². The monoisotopic (exact) mass is 455 g/mol. The molecule has 2 N–H and O–H groups in total. The van der Waals surface area contributed by atoms with E-state index in [1.807, 2.05) is 24.3 Å². The van der Waals surface area contributed by atoms with Crippen LogP contribution in [-0.2, 0) is 16.0 Å². The van der Waals surface area contributed by atoms with Gasteiger partial charge in [0, 0.05) is 17.7 Å². The number of carbonyl (C=O) groups excluding carboxylic acids is 2. The second-order valence-corrected chi connectivity index (χ2v) is 8.93. The van der Waals surface area contributed by atoms with Crippen LogP contribution in [0, 0.1) is 0 Å². The molecule has 2 aliphatic rings. The van der Waals surface area contributed by atoms with Gasteiger partial charge in [0.25, 0.3) is 11.7 Å². The lowest BCUT2D eigenvalue weighted by Crippen LogP contribution is -2.29. The van der Waals surface area contributed by atoms with Gasteiger partial charge in [-0.3, -0.25) is 14.5 Å². The van der Waals surface area contributed by atoms with Gasteiger partial charge in [0.05, 0.1) is 18.2 Å². The van der Waals surface area contributed by atoms with Crippen LogP contribution in [0.4, 0.5) is 5.69 Å². The van der Waals surface area contributed by atoms with Crippen LogP contribution in [0.25, 0.3) is 5.76 Å². The first-order valence-corrected chi connectivity index (χ1v) is 11.3. The molecule has 2 aliphatic heterocycles. The molecular weight excluding hydrogens is 430 g/mol. The number of benzene rings is 3. The summed E-state index contributed by atoms with van der Waals surface area (Å²) >= 11 is 0. The van der Waals surface area contributed by atoms with Crippen molar-refractivity contribution in [3.05, 3.63) is 94.6 Å². The van der Waals surface area contributed by atoms with Gasteiger partial charge in [0.1, 0.15) is 17.3 Å². The van der Waals surface area contributed by atoms with Crippen molar-refractivity contribution < 1.29 is 24.5 Å². The Morgan fingerprint density at radius 2 is 1.71 bits per heavy atom. The third-order valence-corrected chi connectivity index (χ3v) is 6.45. The van der Waals surface area contributed by atoms with E-state index >= 15 is 0 Å². The molecule has 0 aromatic heterocycles. The number of hydrogen-bond acceptors (Lipinski definition) is 5. The first-order valence-electron chi connectivity index (χ1n) is 11.3. The van der Waals surface area contributed by atoms with Crippen LogP contribution in [0.15, 0.2) is 72.3 Å². The van der Waals surface area contributed by atoms with Crippen LogP contribution in [-0.4, -0.2) is 28.5 Å². The van der Waals surface area contributed by atoms with E-state index in [1.54, 1.807) is 30.3 Å². The summed E-state index contributed by atoms with van der Waals surface area (Å²) in [6.45, 7) is 4.74. The number of phenolic OH excluding ortho intramolecular Hbond substituents is 1. The molecule has 6 heteroatoms. The molecule has 5 rings (SSSR count). The fourth-order valence-electron chi connectivity index (χ4n) is 4.58. The summed E-state index contributed by atoms with van der Waals surface area (Å²) in [6.07, 6.45) is 0.717. The Hall–Kier alpha value is -4.06. The topological polar surface area (TPSA) is 87.1 Å². The Morgan fingerprint density at radius 3 is 2.38 bits per heavy atom. The summed E-state index contributed by atoms with van der Waals surface area (Å²) in [5, 5.41) is 21.1. The SMILES string of the molecule is CC(C)c1ccc(N2C(=O)C(=O)/C(=C(\O)c3ccc4c(c3)CCO4)C2c2ccc(O)cc2)cc1. The number of amides is 1. The molecule has 0 bridgehead atoms. The average Bonchev–Trinajstić information content (AvgIpc) is 3.41. The van der Waals surface area contributed by atoms with Crippen molar-refractivity contribution in [2.24, 2.45) is 0 Å². The Morgan fingerprint density at radius 1 is 1.00 bits per heavy atom. The molecule has 3 aromatic carbocycles. The summed E-state index contributed by atoms with van der Waals surface area (Å²) in [6, 6.07) is 18.3. The van der Waals surface area contributed by atoms with Gasteiger partial charge < -0.3 is 14.9 Å². The number of fused-ring (bicyclic) bond motifs is 1. The van der Waals surface area contributed by atoms with E-state index in [0.29, 0.717) is 35.8 Å². The molecule has 2 heterocycles. The molecule has 1 saturated heterocycles. The molecule has 3 aromatic rings. The smallest absolute Gasteiger partial charge is 0.300 e. The second-order valence-electron chi connectivity index (χ2n) is 8.93. The van der Waals surface area contributed by atoms with E-state index in [-0.39, 0.29) is 17.1 Å². The van der Waals surface area contributed by atoms with Crippen LogP contribution in [0.2, 0.25) is 0 Å². The van der Waals surface area contributed by atoms with E-state index in [2.05, 4.69) is 13.8 Å². The maximum atomic E-state index is 13.3. The molecule has 172 valence electrons. The molecule has 1 amide bonds. The van der Waals surface area contributed by atoms with Gasteiger partial charge in [0.2, 0.25) is 0 Å². The highest BCUT2D eigenvalue weighted by molar-refractivity contribution is 6.51. The van der Waals surface area contributed by atoms with Crippen LogP contribution in [0.3, 0.4) is 0 Å².